The fourth-order valence-electron chi connectivity index (χ4n) is 1.30. The maximum atomic E-state index is 5.24. The molecule has 1 saturated heterocycles. The van der Waals surface area contributed by atoms with Crippen LogP contribution in [-0.4, -0.2) is 20.0 Å². The molecule has 0 amide bonds. The van der Waals surface area contributed by atoms with Crippen LogP contribution in [-0.2, 0) is 9.47 Å². The van der Waals surface area contributed by atoms with E-state index >= 15 is 0 Å². The van der Waals surface area contributed by atoms with Crippen LogP contribution in [0.1, 0.15) is 26.2 Å². The summed E-state index contributed by atoms with van der Waals surface area (Å²) in [5, 5.41) is 0. The van der Waals surface area contributed by atoms with Gasteiger partial charge in [-0.3, -0.25) is 0 Å². The molecule has 60 valence electrons. The Kier molecular flexibility index (Phi) is 3.76. The van der Waals surface area contributed by atoms with Crippen molar-refractivity contribution < 1.29 is 9.47 Å². The van der Waals surface area contributed by atoms with Crippen molar-refractivity contribution in [3.8, 4) is 0 Å². The molecule has 2 heteroatoms. The summed E-state index contributed by atoms with van der Waals surface area (Å²) in [4.78, 5) is 0. The highest BCUT2D eigenvalue weighted by Gasteiger charge is 2.10. The number of ether oxygens (including phenoxy) is 2. The van der Waals surface area contributed by atoms with Crippen LogP contribution in [0.5, 0.6) is 0 Å². The summed E-state index contributed by atoms with van der Waals surface area (Å²) in [6.45, 7) is 4.49. The summed E-state index contributed by atoms with van der Waals surface area (Å²) >= 11 is 0. The predicted molar refractivity (Wildman–Crippen MR) is 39.8 cm³/mol. The molecule has 0 radical (unpaired) electrons. The SMILES string of the molecule is CCCC1CCOCOC1. The zero-order chi connectivity index (χ0) is 7.23. The molecule has 0 aromatic rings. The van der Waals surface area contributed by atoms with Crippen molar-refractivity contribution in [1.82, 2.24) is 0 Å². The third kappa shape index (κ3) is 2.67. The van der Waals surface area contributed by atoms with Crippen LogP contribution in [0.25, 0.3) is 0 Å². The molecule has 1 heterocycles. The van der Waals surface area contributed by atoms with E-state index in [0.717, 1.165) is 19.1 Å². The first-order chi connectivity index (χ1) is 4.93. The molecule has 1 fully saturated rings. The molecular formula is C8H16O2. The Morgan fingerprint density at radius 1 is 1.40 bits per heavy atom. The van der Waals surface area contributed by atoms with Crippen molar-refractivity contribution in [2.45, 2.75) is 26.2 Å². The summed E-state index contributed by atoms with van der Waals surface area (Å²) in [6.07, 6.45) is 3.71. The van der Waals surface area contributed by atoms with Gasteiger partial charge in [0.1, 0.15) is 6.79 Å². The minimum atomic E-state index is 0.500. The normalized spacial score (nSPS) is 27.9. The van der Waals surface area contributed by atoms with E-state index in [2.05, 4.69) is 6.92 Å². The maximum Gasteiger partial charge on any atom is 0.146 e. The Morgan fingerprint density at radius 3 is 3.10 bits per heavy atom. The van der Waals surface area contributed by atoms with E-state index in [-0.39, 0.29) is 0 Å². The van der Waals surface area contributed by atoms with Crippen molar-refractivity contribution in [3.63, 3.8) is 0 Å². The fraction of sp³-hybridized carbons (Fsp3) is 1.00. The van der Waals surface area contributed by atoms with Crippen molar-refractivity contribution in [2.24, 2.45) is 5.92 Å². The fourth-order valence-corrected chi connectivity index (χ4v) is 1.30. The van der Waals surface area contributed by atoms with Gasteiger partial charge in [-0.15, -0.1) is 0 Å². The van der Waals surface area contributed by atoms with Gasteiger partial charge in [-0.2, -0.15) is 0 Å². The molecule has 10 heavy (non-hydrogen) atoms. The molecule has 2 nitrogen and oxygen atoms in total. The summed E-state index contributed by atoms with van der Waals surface area (Å²) < 4.78 is 10.4. The van der Waals surface area contributed by atoms with Gasteiger partial charge in [0, 0.05) is 6.61 Å². The number of hydrogen-bond donors (Lipinski definition) is 0. The smallest absolute Gasteiger partial charge is 0.146 e. The van der Waals surface area contributed by atoms with Crippen LogP contribution in [0.3, 0.4) is 0 Å². The van der Waals surface area contributed by atoms with Gasteiger partial charge >= 0.3 is 0 Å². The molecule has 0 saturated carbocycles. The van der Waals surface area contributed by atoms with E-state index in [1.165, 1.54) is 19.3 Å². The van der Waals surface area contributed by atoms with E-state index in [1.807, 2.05) is 0 Å². The molecule has 0 aromatic carbocycles. The van der Waals surface area contributed by atoms with E-state index in [9.17, 15) is 0 Å². The highest BCUT2D eigenvalue weighted by atomic mass is 16.7. The lowest BCUT2D eigenvalue weighted by Gasteiger charge is -2.09. The molecule has 0 bridgehead atoms. The first-order valence-electron chi connectivity index (χ1n) is 4.09. The van der Waals surface area contributed by atoms with Gasteiger partial charge in [-0.05, 0) is 18.8 Å². The van der Waals surface area contributed by atoms with E-state index in [1.54, 1.807) is 0 Å². The highest BCUT2D eigenvalue weighted by Crippen LogP contribution is 2.13. The molecule has 1 atom stereocenters. The topological polar surface area (TPSA) is 18.5 Å². The van der Waals surface area contributed by atoms with Crippen LogP contribution in [0.2, 0.25) is 0 Å². The molecule has 0 spiro atoms. The largest absolute Gasteiger partial charge is 0.355 e. The summed E-state index contributed by atoms with van der Waals surface area (Å²) in [6, 6.07) is 0. The second-order valence-corrected chi connectivity index (χ2v) is 2.84. The average molecular weight is 144 g/mol. The third-order valence-corrected chi connectivity index (χ3v) is 1.89. The Balaban J connectivity index is 2.15. The van der Waals surface area contributed by atoms with Gasteiger partial charge in [-0.1, -0.05) is 13.3 Å². The zero-order valence-electron chi connectivity index (χ0n) is 6.64. The molecule has 1 rings (SSSR count). The minimum Gasteiger partial charge on any atom is -0.355 e. The van der Waals surface area contributed by atoms with Crippen LogP contribution < -0.4 is 0 Å². The number of hydrogen-bond acceptors (Lipinski definition) is 2. The Labute approximate surface area is 62.5 Å². The molecule has 0 aliphatic carbocycles. The van der Waals surface area contributed by atoms with Crippen LogP contribution >= 0.6 is 0 Å². The van der Waals surface area contributed by atoms with E-state index < -0.39 is 0 Å². The maximum absolute atomic E-state index is 5.24. The first-order valence-corrected chi connectivity index (χ1v) is 4.09. The van der Waals surface area contributed by atoms with Crippen LogP contribution in [0.15, 0.2) is 0 Å². The lowest BCUT2D eigenvalue weighted by atomic mass is 10.0. The van der Waals surface area contributed by atoms with Gasteiger partial charge in [-0.25, -0.2) is 0 Å². The second kappa shape index (κ2) is 4.69. The van der Waals surface area contributed by atoms with E-state index in [0.29, 0.717) is 6.79 Å². The lowest BCUT2D eigenvalue weighted by Crippen LogP contribution is -2.06. The quantitative estimate of drug-likeness (QED) is 0.588. The van der Waals surface area contributed by atoms with Crippen molar-refractivity contribution >= 4 is 0 Å². The number of rotatable bonds is 2. The summed E-state index contributed by atoms with van der Waals surface area (Å²) in [7, 11) is 0. The van der Waals surface area contributed by atoms with Crippen molar-refractivity contribution in [2.75, 3.05) is 20.0 Å². The third-order valence-electron chi connectivity index (χ3n) is 1.89. The first kappa shape index (κ1) is 8.02. The Morgan fingerprint density at radius 2 is 2.30 bits per heavy atom. The molecular weight excluding hydrogens is 128 g/mol. The molecule has 0 aromatic heterocycles. The predicted octanol–water partition coefficient (Wildman–Crippen LogP) is 1.80. The summed E-state index contributed by atoms with van der Waals surface area (Å²) in [5.74, 6) is 0.743. The van der Waals surface area contributed by atoms with Crippen molar-refractivity contribution in [3.05, 3.63) is 0 Å². The standard InChI is InChI=1S/C8H16O2/c1-2-3-8-4-5-9-7-10-6-8/h8H,2-7H2,1H3. The molecule has 1 aliphatic rings. The monoisotopic (exact) mass is 144 g/mol. The second-order valence-electron chi connectivity index (χ2n) is 2.84. The van der Waals surface area contributed by atoms with Gasteiger partial charge in [0.15, 0.2) is 0 Å². The molecule has 1 unspecified atom stereocenters. The van der Waals surface area contributed by atoms with Gasteiger partial charge < -0.3 is 9.47 Å². The van der Waals surface area contributed by atoms with Gasteiger partial charge in [0.05, 0.1) is 6.61 Å². The molecule has 1 aliphatic heterocycles. The lowest BCUT2D eigenvalue weighted by molar-refractivity contribution is -0.0356. The van der Waals surface area contributed by atoms with E-state index in [4.69, 9.17) is 9.47 Å². The van der Waals surface area contributed by atoms with Gasteiger partial charge in [0.25, 0.3) is 0 Å². The average Bonchev–Trinajstić information content (AvgIpc) is 2.17. The van der Waals surface area contributed by atoms with Crippen LogP contribution in [0.4, 0.5) is 0 Å². The van der Waals surface area contributed by atoms with Crippen molar-refractivity contribution in [1.29, 1.82) is 0 Å². The molecule has 0 N–H and O–H groups in total. The highest BCUT2D eigenvalue weighted by molar-refractivity contribution is 4.58. The zero-order valence-corrected chi connectivity index (χ0v) is 6.64. The van der Waals surface area contributed by atoms with Crippen LogP contribution in [0, 0.1) is 5.92 Å². The summed E-state index contributed by atoms with van der Waals surface area (Å²) in [5.41, 5.74) is 0. The minimum absolute atomic E-state index is 0.500. The Bertz CT molecular complexity index is 75.3. The Hall–Kier alpha value is -0.0800. The van der Waals surface area contributed by atoms with Gasteiger partial charge in [0.2, 0.25) is 0 Å².